The molecule has 1 atom stereocenters. The molecule has 2 rings (SSSR count). The Labute approximate surface area is 141 Å². The number of aromatic nitrogens is 1. The molecule has 1 heterocycles. The number of carbonyl (C=O) groups is 1. The SMILES string of the molecule is CCOC(=O)[C@@](C)(CCc1cc(-c2ccccc2)no1)S(C)(=O)=O. The van der Waals surface area contributed by atoms with Crippen LogP contribution in [-0.4, -0.2) is 37.2 Å². The van der Waals surface area contributed by atoms with Crippen molar-refractivity contribution >= 4 is 15.8 Å². The number of nitrogens with zero attached hydrogens (tertiary/aromatic N) is 1. The van der Waals surface area contributed by atoms with Crippen LogP contribution in [0.5, 0.6) is 0 Å². The molecule has 0 N–H and O–H groups in total. The van der Waals surface area contributed by atoms with E-state index in [1.807, 2.05) is 30.3 Å². The largest absolute Gasteiger partial charge is 0.465 e. The number of rotatable bonds is 7. The molecule has 0 aliphatic heterocycles. The van der Waals surface area contributed by atoms with E-state index in [-0.39, 0.29) is 19.4 Å². The van der Waals surface area contributed by atoms with Crippen molar-refractivity contribution in [2.75, 3.05) is 12.9 Å². The van der Waals surface area contributed by atoms with Crippen molar-refractivity contribution in [2.24, 2.45) is 0 Å². The Morgan fingerprint density at radius 1 is 1.29 bits per heavy atom. The molecule has 0 bridgehead atoms. The minimum absolute atomic E-state index is 0.0636. The summed E-state index contributed by atoms with van der Waals surface area (Å²) in [5, 5.41) is 3.99. The van der Waals surface area contributed by atoms with Gasteiger partial charge in [-0.05, 0) is 20.3 Å². The summed E-state index contributed by atoms with van der Waals surface area (Å²) in [7, 11) is -3.64. The van der Waals surface area contributed by atoms with Crippen molar-refractivity contribution in [3.8, 4) is 11.3 Å². The van der Waals surface area contributed by atoms with Crippen LogP contribution >= 0.6 is 0 Å². The maximum atomic E-state index is 12.1. The summed E-state index contributed by atoms with van der Waals surface area (Å²) >= 11 is 0. The van der Waals surface area contributed by atoms with Crippen LogP contribution in [0.4, 0.5) is 0 Å². The van der Waals surface area contributed by atoms with Crippen molar-refractivity contribution in [3.05, 3.63) is 42.2 Å². The molecule has 24 heavy (non-hydrogen) atoms. The van der Waals surface area contributed by atoms with Crippen LogP contribution in [-0.2, 0) is 25.8 Å². The van der Waals surface area contributed by atoms with Crippen LogP contribution in [0, 0.1) is 0 Å². The summed E-state index contributed by atoms with van der Waals surface area (Å²) in [6, 6.07) is 11.3. The van der Waals surface area contributed by atoms with Gasteiger partial charge in [0.15, 0.2) is 14.6 Å². The first-order valence-electron chi connectivity index (χ1n) is 7.66. The average Bonchev–Trinajstić information content (AvgIpc) is 3.01. The molecule has 0 amide bonds. The van der Waals surface area contributed by atoms with Crippen LogP contribution in [0.3, 0.4) is 0 Å². The summed E-state index contributed by atoms with van der Waals surface area (Å²) in [5.74, 6) is -0.219. The Morgan fingerprint density at radius 3 is 2.54 bits per heavy atom. The molecule has 0 saturated carbocycles. The summed E-state index contributed by atoms with van der Waals surface area (Å²) in [6.45, 7) is 3.16. The van der Waals surface area contributed by atoms with Gasteiger partial charge in [-0.25, -0.2) is 8.42 Å². The Balaban J connectivity index is 2.16. The highest BCUT2D eigenvalue weighted by Crippen LogP contribution is 2.26. The lowest BCUT2D eigenvalue weighted by Gasteiger charge is -2.24. The molecule has 2 aromatic rings. The molecule has 0 spiro atoms. The van der Waals surface area contributed by atoms with Gasteiger partial charge in [-0.3, -0.25) is 4.79 Å². The molecule has 6 nitrogen and oxygen atoms in total. The monoisotopic (exact) mass is 351 g/mol. The first-order chi connectivity index (χ1) is 11.3. The highest BCUT2D eigenvalue weighted by Gasteiger charge is 2.44. The van der Waals surface area contributed by atoms with Crippen LogP contribution in [0.15, 0.2) is 40.9 Å². The first-order valence-corrected chi connectivity index (χ1v) is 9.55. The van der Waals surface area contributed by atoms with E-state index in [1.165, 1.54) is 6.92 Å². The number of hydrogen-bond acceptors (Lipinski definition) is 6. The van der Waals surface area contributed by atoms with Crippen LogP contribution in [0.1, 0.15) is 26.0 Å². The quantitative estimate of drug-likeness (QED) is 0.713. The fourth-order valence-electron chi connectivity index (χ4n) is 2.26. The number of ether oxygens (including phenoxy) is 1. The van der Waals surface area contributed by atoms with E-state index < -0.39 is 20.6 Å². The van der Waals surface area contributed by atoms with Gasteiger partial charge in [0.05, 0.1) is 6.61 Å². The predicted octanol–water partition coefficient (Wildman–Crippen LogP) is 2.64. The van der Waals surface area contributed by atoms with E-state index in [9.17, 15) is 13.2 Å². The first kappa shape index (κ1) is 18.2. The normalized spacial score (nSPS) is 14.1. The Bertz CT molecular complexity index is 797. The maximum Gasteiger partial charge on any atom is 0.327 e. The third-order valence-electron chi connectivity index (χ3n) is 4.00. The van der Waals surface area contributed by atoms with Gasteiger partial charge in [-0.1, -0.05) is 35.5 Å². The second-order valence-corrected chi connectivity index (χ2v) is 8.21. The average molecular weight is 351 g/mol. The zero-order chi connectivity index (χ0) is 17.8. The van der Waals surface area contributed by atoms with Crippen molar-refractivity contribution < 1.29 is 22.5 Å². The topological polar surface area (TPSA) is 86.5 Å². The highest BCUT2D eigenvalue weighted by atomic mass is 32.2. The standard InChI is InChI=1S/C17H21NO5S/c1-4-22-16(19)17(2,24(3,20)21)11-10-14-12-15(18-23-14)13-8-6-5-7-9-13/h5-9,12H,4,10-11H2,1-3H3/t17-/m1/s1. The maximum absolute atomic E-state index is 12.1. The van der Waals surface area contributed by atoms with Crippen LogP contribution in [0.25, 0.3) is 11.3 Å². The van der Waals surface area contributed by atoms with Gasteiger partial charge in [-0.15, -0.1) is 0 Å². The summed E-state index contributed by atoms with van der Waals surface area (Å²) in [4.78, 5) is 12.1. The van der Waals surface area contributed by atoms with Gasteiger partial charge in [-0.2, -0.15) is 0 Å². The number of esters is 1. The second kappa shape index (κ2) is 7.17. The van der Waals surface area contributed by atoms with Gasteiger partial charge >= 0.3 is 5.97 Å². The van der Waals surface area contributed by atoms with E-state index in [2.05, 4.69) is 5.16 Å². The second-order valence-electron chi connectivity index (χ2n) is 5.77. The Kier molecular flexibility index (Phi) is 5.43. The molecule has 0 aliphatic carbocycles. The molecular formula is C17H21NO5S. The lowest BCUT2D eigenvalue weighted by Crippen LogP contribution is -2.44. The number of hydrogen-bond donors (Lipinski definition) is 0. The summed E-state index contributed by atoms with van der Waals surface area (Å²) in [6.07, 6.45) is 1.37. The zero-order valence-electron chi connectivity index (χ0n) is 14.0. The molecule has 0 radical (unpaired) electrons. The van der Waals surface area contributed by atoms with E-state index in [0.29, 0.717) is 11.5 Å². The van der Waals surface area contributed by atoms with Gasteiger partial charge < -0.3 is 9.26 Å². The van der Waals surface area contributed by atoms with E-state index in [0.717, 1.165) is 11.8 Å². The molecule has 0 fully saturated rings. The van der Waals surface area contributed by atoms with Crippen molar-refractivity contribution in [1.29, 1.82) is 0 Å². The Morgan fingerprint density at radius 2 is 1.96 bits per heavy atom. The van der Waals surface area contributed by atoms with Crippen LogP contribution in [0.2, 0.25) is 0 Å². The van der Waals surface area contributed by atoms with Gasteiger partial charge in [0.1, 0.15) is 11.5 Å². The number of aryl methyl sites for hydroxylation is 1. The third kappa shape index (κ3) is 3.84. The van der Waals surface area contributed by atoms with Crippen molar-refractivity contribution in [2.45, 2.75) is 31.4 Å². The third-order valence-corrected chi connectivity index (χ3v) is 6.01. The Hall–Kier alpha value is -2.15. The fraction of sp³-hybridized carbons (Fsp3) is 0.412. The molecule has 130 valence electrons. The molecule has 0 aliphatic rings. The van der Waals surface area contributed by atoms with E-state index >= 15 is 0 Å². The highest BCUT2D eigenvalue weighted by molar-refractivity contribution is 7.92. The number of benzene rings is 1. The fourth-order valence-corrected chi connectivity index (χ4v) is 3.09. The van der Waals surface area contributed by atoms with Crippen molar-refractivity contribution in [3.63, 3.8) is 0 Å². The lowest BCUT2D eigenvalue weighted by atomic mass is 10.0. The molecule has 0 saturated heterocycles. The number of sulfone groups is 1. The smallest absolute Gasteiger partial charge is 0.327 e. The van der Waals surface area contributed by atoms with Crippen LogP contribution < -0.4 is 0 Å². The van der Waals surface area contributed by atoms with Crippen molar-refractivity contribution in [1.82, 2.24) is 5.16 Å². The molecule has 1 aromatic heterocycles. The number of carbonyl (C=O) groups excluding carboxylic acids is 1. The lowest BCUT2D eigenvalue weighted by molar-refractivity contribution is -0.146. The summed E-state index contributed by atoms with van der Waals surface area (Å²) in [5.41, 5.74) is 1.58. The van der Waals surface area contributed by atoms with E-state index in [4.69, 9.17) is 9.26 Å². The molecule has 0 unspecified atom stereocenters. The molecule has 7 heteroatoms. The molecular weight excluding hydrogens is 330 g/mol. The van der Waals surface area contributed by atoms with Gasteiger partial charge in [0.2, 0.25) is 0 Å². The van der Waals surface area contributed by atoms with Gasteiger partial charge in [0.25, 0.3) is 0 Å². The minimum atomic E-state index is -3.64. The predicted molar refractivity (Wildman–Crippen MR) is 90.1 cm³/mol. The molecule has 1 aromatic carbocycles. The van der Waals surface area contributed by atoms with Gasteiger partial charge in [0, 0.05) is 24.3 Å². The minimum Gasteiger partial charge on any atom is -0.465 e. The van der Waals surface area contributed by atoms with E-state index in [1.54, 1.807) is 13.0 Å². The summed E-state index contributed by atoms with van der Waals surface area (Å²) < 4.78 is 32.7. The zero-order valence-corrected chi connectivity index (χ0v) is 14.8.